The van der Waals surface area contributed by atoms with Gasteiger partial charge in [-0.25, -0.2) is 4.39 Å². The second-order valence-electron chi connectivity index (χ2n) is 5.64. The van der Waals surface area contributed by atoms with Crippen LogP contribution < -0.4 is 10.5 Å². The fourth-order valence-electron chi connectivity index (χ4n) is 3.26. The first kappa shape index (κ1) is 14.3. The second kappa shape index (κ2) is 5.39. The third-order valence-electron chi connectivity index (χ3n) is 4.33. The summed E-state index contributed by atoms with van der Waals surface area (Å²) in [5.74, 6) is -0.387. The van der Waals surface area contributed by atoms with E-state index in [1.807, 2.05) is 36.4 Å². The van der Waals surface area contributed by atoms with Gasteiger partial charge in [0.2, 0.25) is 5.88 Å². The van der Waals surface area contributed by atoms with Crippen molar-refractivity contribution >= 4 is 10.8 Å². The summed E-state index contributed by atoms with van der Waals surface area (Å²) in [5, 5.41) is 11.5. The highest BCUT2D eigenvalue weighted by molar-refractivity contribution is 5.90. The second-order valence-corrected chi connectivity index (χ2v) is 5.64. The summed E-state index contributed by atoms with van der Waals surface area (Å²) >= 11 is 0. The summed E-state index contributed by atoms with van der Waals surface area (Å²) in [5.41, 5.74) is 7.35. The van der Waals surface area contributed by atoms with Gasteiger partial charge >= 0.3 is 0 Å². The van der Waals surface area contributed by atoms with Crippen molar-refractivity contribution in [2.75, 3.05) is 0 Å². The number of nitrogens with two attached hydrogens (primary N) is 1. The highest BCUT2D eigenvalue weighted by atomic mass is 19.1. The summed E-state index contributed by atoms with van der Waals surface area (Å²) in [6.45, 7) is 0. The lowest BCUT2D eigenvalue weighted by molar-refractivity contribution is 0.394. The number of rotatable bonds is 1. The van der Waals surface area contributed by atoms with E-state index in [4.69, 9.17) is 10.5 Å². The molecule has 4 heteroatoms. The zero-order chi connectivity index (χ0) is 16.7. The third-order valence-corrected chi connectivity index (χ3v) is 4.33. The van der Waals surface area contributed by atoms with Crippen LogP contribution in [0.15, 0.2) is 72.1 Å². The van der Waals surface area contributed by atoms with Gasteiger partial charge in [0, 0.05) is 11.1 Å². The topological polar surface area (TPSA) is 59.0 Å². The summed E-state index contributed by atoms with van der Waals surface area (Å²) in [6, 6.07) is 20.1. The molecule has 0 unspecified atom stereocenters. The van der Waals surface area contributed by atoms with Crippen LogP contribution in [0.5, 0.6) is 5.75 Å². The number of nitriles is 1. The monoisotopic (exact) mass is 316 g/mol. The Balaban J connectivity index is 2.10. The zero-order valence-electron chi connectivity index (χ0n) is 12.7. The predicted molar refractivity (Wildman–Crippen MR) is 89.6 cm³/mol. The summed E-state index contributed by atoms with van der Waals surface area (Å²) in [4.78, 5) is 0. The van der Waals surface area contributed by atoms with Crippen molar-refractivity contribution < 1.29 is 9.13 Å². The average Bonchev–Trinajstić information content (AvgIpc) is 2.61. The highest BCUT2D eigenvalue weighted by Crippen LogP contribution is 2.45. The van der Waals surface area contributed by atoms with Gasteiger partial charge in [0.05, 0.1) is 5.92 Å². The fraction of sp³-hybridized carbons (Fsp3) is 0.0500. The highest BCUT2D eigenvalue weighted by Gasteiger charge is 2.33. The van der Waals surface area contributed by atoms with E-state index >= 15 is 0 Å². The Morgan fingerprint density at radius 2 is 1.75 bits per heavy atom. The van der Waals surface area contributed by atoms with Gasteiger partial charge in [-0.05, 0) is 22.9 Å². The molecule has 0 aromatic heterocycles. The number of nitrogens with zero attached hydrogens (tertiary/aromatic N) is 1. The van der Waals surface area contributed by atoms with Crippen LogP contribution in [-0.4, -0.2) is 0 Å². The number of hydrogen-bond acceptors (Lipinski definition) is 3. The molecule has 1 atom stereocenters. The van der Waals surface area contributed by atoms with Gasteiger partial charge in [0.25, 0.3) is 0 Å². The Morgan fingerprint density at radius 3 is 2.54 bits per heavy atom. The van der Waals surface area contributed by atoms with Crippen molar-refractivity contribution in [2.24, 2.45) is 5.73 Å². The molecule has 1 aliphatic heterocycles. The zero-order valence-corrected chi connectivity index (χ0v) is 12.7. The van der Waals surface area contributed by atoms with Crippen LogP contribution in [0.3, 0.4) is 0 Å². The molecule has 1 heterocycles. The molecule has 3 aromatic carbocycles. The molecule has 24 heavy (non-hydrogen) atoms. The molecule has 0 saturated heterocycles. The molecular weight excluding hydrogens is 303 g/mol. The van der Waals surface area contributed by atoms with Crippen LogP contribution in [0.2, 0.25) is 0 Å². The van der Waals surface area contributed by atoms with E-state index in [1.165, 1.54) is 6.07 Å². The number of fused-ring (bicyclic) bond motifs is 3. The summed E-state index contributed by atoms with van der Waals surface area (Å²) in [6.07, 6.45) is 0. The van der Waals surface area contributed by atoms with Crippen molar-refractivity contribution in [3.05, 3.63) is 89.1 Å². The van der Waals surface area contributed by atoms with Gasteiger partial charge in [-0.2, -0.15) is 5.26 Å². The minimum Gasteiger partial charge on any atom is -0.440 e. The maximum absolute atomic E-state index is 14.5. The van der Waals surface area contributed by atoms with E-state index in [2.05, 4.69) is 6.07 Å². The molecule has 3 nitrogen and oxygen atoms in total. The molecule has 4 rings (SSSR count). The van der Waals surface area contributed by atoms with Gasteiger partial charge in [0.1, 0.15) is 23.2 Å². The maximum Gasteiger partial charge on any atom is 0.205 e. The van der Waals surface area contributed by atoms with Crippen LogP contribution in [0.4, 0.5) is 4.39 Å². The van der Waals surface area contributed by atoms with Crippen LogP contribution >= 0.6 is 0 Å². The standard InChI is InChI=1S/C20H13FN2O/c21-16-8-4-3-7-14(16)18-15(11-22)20(23)24-17-10-9-12-5-1-2-6-13(12)19(17)18/h1-10,18H,23H2/t18-/m0/s1. The van der Waals surface area contributed by atoms with Crippen LogP contribution in [0.25, 0.3) is 10.8 Å². The lowest BCUT2D eigenvalue weighted by Gasteiger charge is -2.28. The van der Waals surface area contributed by atoms with Crippen molar-refractivity contribution in [1.29, 1.82) is 5.26 Å². The largest absolute Gasteiger partial charge is 0.440 e. The number of allylic oxidation sites excluding steroid dienone is 1. The first-order valence-corrected chi connectivity index (χ1v) is 7.54. The molecule has 0 amide bonds. The Labute approximate surface area is 138 Å². The van der Waals surface area contributed by atoms with E-state index in [0.717, 1.165) is 16.3 Å². The maximum atomic E-state index is 14.5. The Hall–Kier alpha value is -3.32. The van der Waals surface area contributed by atoms with Crippen molar-refractivity contribution in [3.8, 4) is 11.8 Å². The average molecular weight is 316 g/mol. The Bertz CT molecular complexity index is 1030. The minimum atomic E-state index is -0.592. The predicted octanol–water partition coefficient (Wildman–Crippen LogP) is 4.20. The molecule has 0 radical (unpaired) electrons. The van der Waals surface area contributed by atoms with Gasteiger partial charge < -0.3 is 10.5 Å². The molecule has 0 bridgehead atoms. The first-order chi connectivity index (χ1) is 11.7. The molecule has 0 aliphatic carbocycles. The first-order valence-electron chi connectivity index (χ1n) is 7.54. The molecular formula is C20H13FN2O. The lowest BCUT2D eigenvalue weighted by atomic mass is 9.81. The van der Waals surface area contributed by atoms with Crippen molar-refractivity contribution in [1.82, 2.24) is 0 Å². The summed E-state index contributed by atoms with van der Waals surface area (Å²) in [7, 11) is 0. The molecule has 0 fully saturated rings. The van der Waals surface area contributed by atoms with Crippen LogP contribution in [-0.2, 0) is 0 Å². The number of hydrogen-bond donors (Lipinski definition) is 1. The van der Waals surface area contributed by atoms with Crippen molar-refractivity contribution in [3.63, 3.8) is 0 Å². The fourth-order valence-corrected chi connectivity index (χ4v) is 3.26. The van der Waals surface area contributed by atoms with Crippen LogP contribution in [0.1, 0.15) is 17.0 Å². The third kappa shape index (κ3) is 2.03. The molecule has 116 valence electrons. The van der Waals surface area contributed by atoms with Crippen LogP contribution in [0, 0.1) is 17.1 Å². The van der Waals surface area contributed by atoms with Gasteiger partial charge in [0.15, 0.2) is 0 Å². The number of ether oxygens (including phenoxy) is 1. The summed E-state index contributed by atoms with van der Waals surface area (Å²) < 4.78 is 20.1. The quantitative estimate of drug-likeness (QED) is 0.732. The van der Waals surface area contributed by atoms with E-state index in [-0.39, 0.29) is 17.3 Å². The molecule has 1 aliphatic rings. The number of halogens is 1. The molecule has 0 saturated carbocycles. The van der Waals surface area contributed by atoms with Gasteiger partial charge in [-0.1, -0.05) is 48.5 Å². The molecule has 2 N–H and O–H groups in total. The van der Waals surface area contributed by atoms with E-state index in [1.54, 1.807) is 18.2 Å². The molecule has 3 aromatic rings. The molecule has 0 spiro atoms. The Kier molecular flexibility index (Phi) is 3.21. The smallest absolute Gasteiger partial charge is 0.205 e. The van der Waals surface area contributed by atoms with Crippen molar-refractivity contribution in [2.45, 2.75) is 5.92 Å². The van der Waals surface area contributed by atoms with Gasteiger partial charge in [-0.3, -0.25) is 0 Å². The van der Waals surface area contributed by atoms with E-state index in [0.29, 0.717) is 11.3 Å². The number of benzene rings is 3. The SMILES string of the molecule is N#CC1=C(N)Oc2ccc3ccccc3c2[C@H]1c1ccccc1F. The minimum absolute atomic E-state index is 0.0218. The van der Waals surface area contributed by atoms with Gasteiger partial charge in [-0.15, -0.1) is 0 Å². The Morgan fingerprint density at radius 1 is 1.00 bits per heavy atom. The normalized spacial score (nSPS) is 16.4. The van der Waals surface area contributed by atoms with E-state index < -0.39 is 5.92 Å². The lowest BCUT2D eigenvalue weighted by Crippen LogP contribution is -2.21. The van der Waals surface area contributed by atoms with E-state index in [9.17, 15) is 9.65 Å².